The Kier molecular flexibility index (Phi) is 4.62. The van der Waals surface area contributed by atoms with Crippen molar-refractivity contribution in [2.24, 2.45) is 0 Å². The lowest BCUT2D eigenvalue weighted by Gasteiger charge is -2.10. The highest BCUT2D eigenvalue weighted by Crippen LogP contribution is 2.17. The highest BCUT2D eigenvalue weighted by atomic mass is 16.6. The summed E-state index contributed by atoms with van der Waals surface area (Å²) in [6.45, 7) is 3.63. The van der Waals surface area contributed by atoms with Crippen molar-refractivity contribution < 1.29 is 19.6 Å². The number of aromatic nitrogens is 1. The van der Waals surface area contributed by atoms with Gasteiger partial charge in [0.2, 0.25) is 0 Å². The molecule has 0 bridgehead atoms. The number of amides is 1. The van der Waals surface area contributed by atoms with Crippen LogP contribution in [0.5, 0.6) is 0 Å². The zero-order valence-corrected chi connectivity index (χ0v) is 10.6. The molecule has 0 radical (unpaired) electrons. The molecule has 1 atom stereocenters. The Labute approximate surface area is 109 Å². The Morgan fingerprint density at radius 2 is 2.21 bits per heavy atom. The molecule has 0 unspecified atom stereocenters. The molecular weight excluding hydrogens is 254 g/mol. The summed E-state index contributed by atoms with van der Waals surface area (Å²) in [7, 11) is 0. The number of carboxylic acids is 1. The molecule has 0 aliphatic rings. The van der Waals surface area contributed by atoms with Crippen LogP contribution in [0.1, 0.15) is 30.8 Å². The van der Waals surface area contributed by atoms with Crippen LogP contribution in [0, 0.1) is 10.1 Å². The summed E-state index contributed by atoms with van der Waals surface area (Å²) >= 11 is 0. The van der Waals surface area contributed by atoms with Gasteiger partial charge in [0.1, 0.15) is 11.7 Å². The van der Waals surface area contributed by atoms with Gasteiger partial charge in [0.05, 0.1) is 11.1 Å². The molecular formula is C11H15N3O5. The minimum atomic E-state index is -1.17. The summed E-state index contributed by atoms with van der Waals surface area (Å²) < 4.78 is 1.45. The van der Waals surface area contributed by atoms with Gasteiger partial charge >= 0.3 is 5.97 Å². The normalized spacial score (nSPS) is 11.9. The second-order valence-corrected chi connectivity index (χ2v) is 4.07. The second kappa shape index (κ2) is 5.98. The maximum Gasteiger partial charge on any atom is 0.325 e. The van der Waals surface area contributed by atoms with Crippen molar-refractivity contribution in [3.8, 4) is 0 Å². The third kappa shape index (κ3) is 3.54. The van der Waals surface area contributed by atoms with Crippen LogP contribution in [0.2, 0.25) is 0 Å². The maximum absolute atomic E-state index is 11.9. The van der Waals surface area contributed by atoms with Crippen LogP contribution < -0.4 is 5.32 Å². The summed E-state index contributed by atoms with van der Waals surface area (Å²) in [6, 6.07) is 0.0797. The number of hydrogen-bond acceptors (Lipinski definition) is 4. The Bertz CT molecular complexity index is 508. The van der Waals surface area contributed by atoms with Gasteiger partial charge in [0.15, 0.2) is 0 Å². The first-order chi connectivity index (χ1) is 8.86. The zero-order valence-electron chi connectivity index (χ0n) is 10.6. The Morgan fingerprint density at radius 1 is 1.58 bits per heavy atom. The van der Waals surface area contributed by atoms with Crippen LogP contribution in [-0.2, 0) is 11.3 Å². The molecule has 104 valence electrons. The van der Waals surface area contributed by atoms with E-state index in [1.807, 2.05) is 6.92 Å². The average molecular weight is 269 g/mol. The van der Waals surface area contributed by atoms with E-state index in [0.29, 0.717) is 13.0 Å². The first kappa shape index (κ1) is 14.7. The molecule has 1 aromatic heterocycles. The number of nitro groups is 1. The number of carboxylic acid groups (broad SMARTS) is 1. The molecule has 0 fully saturated rings. The van der Waals surface area contributed by atoms with Crippen molar-refractivity contribution in [2.45, 2.75) is 32.9 Å². The SMILES string of the molecule is CCCn1cc([N+](=O)[O-])cc1C(=O)N[C@H](C)C(=O)O. The third-order valence-corrected chi connectivity index (χ3v) is 2.51. The van der Waals surface area contributed by atoms with Crippen molar-refractivity contribution in [1.29, 1.82) is 0 Å². The van der Waals surface area contributed by atoms with Crippen LogP contribution in [-0.4, -0.2) is 32.5 Å². The first-order valence-corrected chi connectivity index (χ1v) is 5.75. The van der Waals surface area contributed by atoms with E-state index in [1.165, 1.54) is 17.7 Å². The predicted octanol–water partition coefficient (Wildman–Crippen LogP) is 1.01. The largest absolute Gasteiger partial charge is 0.480 e. The number of nitrogens with zero attached hydrogens (tertiary/aromatic N) is 2. The van der Waals surface area contributed by atoms with Crippen molar-refractivity contribution in [3.63, 3.8) is 0 Å². The lowest BCUT2D eigenvalue weighted by molar-refractivity contribution is -0.384. The second-order valence-electron chi connectivity index (χ2n) is 4.07. The summed E-state index contributed by atoms with van der Waals surface area (Å²) in [5.74, 6) is -1.81. The number of aryl methyl sites for hydroxylation is 1. The minimum Gasteiger partial charge on any atom is -0.480 e. The van der Waals surface area contributed by atoms with E-state index in [9.17, 15) is 19.7 Å². The molecule has 19 heavy (non-hydrogen) atoms. The molecule has 0 saturated carbocycles. The van der Waals surface area contributed by atoms with E-state index >= 15 is 0 Å². The maximum atomic E-state index is 11.9. The van der Waals surface area contributed by atoms with Gasteiger partial charge in [0, 0.05) is 12.6 Å². The Balaban J connectivity index is 3.00. The van der Waals surface area contributed by atoms with Crippen LogP contribution in [0.4, 0.5) is 5.69 Å². The van der Waals surface area contributed by atoms with E-state index < -0.39 is 22.8 Å². The highest BCUT2D eigenvalue weighted by Gasteiger charge is 2.22. The zero-order chi connectivity index (χ0) is 14.6. The number of aliphatic carboxylic acids is 1. The van der Waals surface area contributed by atoms with Gasteiger partial charge in [-0.2, -0.15) is 0 Å². The molecule has 8 nitrogen and oxygen atoms in total. The predicted molar refractivity (Wildman–Crippen MR) is 65.9 cm³/mol. The van der Waals surface area contributed by atoms with Gasteiger partial charge in [-0.05, 0) is 13.3 Å². The molecule has 2 N–H and O–H groups in total. The standard InChI is InChI=1S/C11H15N3O5/c1-3-4-13-6-8(14(18)19)5-9(13)10(15)12-7(2)11(16)17/h5-7H,3-4H2,1-2H3,(H,12,15)(H,16,17)/t7-/m1/s1. The molecule has 8 heteroatoms. The van der Waals surface area contributed by atoms with Gasteiger partial charge in [-0.15, -0.1) is 0 Å². The monoisotopic (exact) mass is 269 g/mol. The average Bonchev–Trinajstić information content (AvgIpc) is 2.73. The smallest absolute Gasteiger partial charge is 0.325 e. The van der Waals surface area contributed by atoms with Crippen LogP contribution in [0.3, 0.4) is 0 Å². The first-order valence-electron chi connectivity index (χ1n) is 5.75. The molecule has 1 aromatic rings. The topological polar surface area (TPSA) is 114 Å². The fraction of sp³-hybridized carbons (Fsp3) is 0.455. The molecule has 1 heterocycles. The van der Waals surface area contributed by atoms with E-state index in [1.54, 1.807) is 0 Å². The van der Waals surface area contributed by atoms with E-state index in [0.717, 1.165) is 6.07 Å². The molecule has 1 rings (SSSR count). The van der Waals surface area contributed by atoms with Gasteiger partial charge in [-0.1, -0.05) is 6.92 Å². The minimum absolute atomic E-state index is 0.0849. The number of nitrogens with one attached hydrogen (secondary N) is 1. The fourth-order valence-electron chi connectivity index (χ4n) is 1.54. The van der Waals surface area contributed by atoms with Crippen LogP contribution in [0.15, 0.2) is 12.3 Å². The van der Waals surface area contributed by atoms with Crippen molar-refractivity contribution >= 4 is 17.6 Å². The van der Waals surface area contributed by atoms with Crippen LogP contribution in [0.25, 0.3) is 0 Å². The van der Waals surface area contributed by atoms with Crippen molar-refractivity contribution in [3.05, 3.63) is 28.1 Å². The molecule has 0 aliphatic heterocycles. The van der Waals surface area contributed by atoms with Gasteiger partial charge in [-0.25, -0.2) is 0 Å². The fourth-order valence-corrected chi connectivity index (χ4v) is 1.54. The summed E-state index contributed by atoms with van der Waals surface area (Å²) in [5.41, 5.74) is -0.108. The molecule has 0 aliphatic carbocycles. The number of rotatable bonds is 6. The van der Waals surface area contributed by atoms with Crippen molar-refractivity contribution in [1.82, 2.24) is 9.88 Å². The number of hydrogen-bond donors (Lipinski definition) is 2. The Morgan fingerprint density at radius 3 is 2.68 bits per heavy atom. The number of carbonyl (C=O) groups is 2. The lowest BCUT2D eigenvalue weighted by atomic mass is 10.3. The van der Waals surface area contributed by atoms with E-state index in [-0.39, 0.29) is 11.4 Å². The Hall–Kier alpha value is -2.38. The molecule has 1 amide bonds. The van der Waals surface area contributed by atoms with E-state index in [2.05, 4.69) is 5.32 Å². The van der Waals surface area contributed by atoms with Gasteiger partial charge in [-0.3, -0.25) is 19.7 Å². The highest BCUT2D eigenvalue weighted by molar-refractivity contribution is 5.95. The molecule has 0 saturated heterocycles. The summed E-state index contributed by atoms with van der Waals surface area (Å²) in [5, 5.41) is 21.7. The summed E-state index contributed by atoms with van der Waals surface area (Å²) in [4.78, 5) is 32.6. The molecule has 0 aromatic carbocycles. The molecule has 0 spiro atoms. The van der Waals surface area contributed by atoms with E-state index in [4.69, 9.17) is 5.11 Å². The number of carbonyl (C=O) groups excluding carboxylic acids is 1. The van der Waals surface area contributed by atoms with Gasteiger partial charge in [0.25, 0.3) is 11.6 Å². The van der Waals surface area contributed by atoms with Gasteiger partial charge < -0.3 is 15.0 Å². The van der Waals surface area contributed by atoms with Crippen LogP contribution >= 0.6 is 0 Å². The van der Waals surface area contributed by atoms with Crippen molar-refractivity contribution in [2.75, 3.05) is 0 Å². The third-order valence-electron chi connectivity index (χ3n) is 2.51. The summed E-state index contributed by atoms with van der Waals surface area (Å²) in [6.07, 6.45) is 1.96. The lowest BCUT2D eigenvalue weighted by Crippen LogP contribution is -2.39. The quantitative estimate of drug-likeness (QED) is 0.590.